The molecule has 0 unspecified atom stereocenters. The summed E-state index contributed by atoms with van der Waals surface area (Å²) in [5, 5.41) is 0. The maximum atomic E-state index is 9.28. The molecule has 33 heavy (non-hydrogen) atoms. The van der Waals surface area contributed by atoms with E-state index in [1.54, 1.807) is 0 Å². The Bertz CT molecular complexity index is 601. The number of hydrogen-bond acceptors (Lipinski definition) is 3. The van der Waals surface area contributed by atoms with Gasteiger partial charge in [-0.25, -0.2) is 0 Å². The molecule has 0 saturated carbocycles. The van der Waals surface area contributed by atoms with E-state index in [1.807, 2.05) is 6.07 Å². The third-order valence-corrected chi connectivity index (χ3v) is 6.69. The molecule has 0 aliphatic rings. The molecule has 1 aromatic carbocycles. The zero-order valence-electron chi connectivity index (χ0n) is 21.6. The molecule has 1 rings (SSSR count). The van der Waals surface area contributed by atoms with Gasteiger partial charge in [-0.1, -0.05) is 109 Å². The highest BCUT2D eigenvalue weighted by atomic mass is 31.2. The number of allylic oxidation sites excluding steroid dienone is 2. The van der Waals surface area contributed by atoms with Crippen molar-refractivity contribution in [1.29, 1.82) is 0 Å². The number of unbranched alkanes of at least 4 members (excludes halogenated alkanes) is 14. The molecular weight excluding hydrogens is 427 g/mol. The van der Waals surface area contributed by atoms with Crippen LogP contribution in [-0.4, -0.2) is 9.79 Å². The fourth-order valence-corrected chi connectivity index (χ4v) is 4.66. The average Bonchev–Trinajstić information content (AvgIpc) is 2.80. The van der Waals surface area contributed by atoms with E-state index in [0.29, 0.717) is 5.75 Å². The summed E-state index contributed by atoms with van der Waals surface area (Å²) in [6.07, 6.45) is 28.8. The van der Waals surface area contributed by atoms with Gasteiger partial charge in [-0.15, -0.1) is 0 Å². The molecule has 0 bridgehead atoms. The smallest absolute Gasteiger partial charge is 0.391 e. The molecule has 0 amide bonds. The highest BCUT2D eigenvalue weighted by molar-refractivity contribution is 7.39. The number of aryl methyl sites for hydroxylation is 2. The summed E-state index contributed by atoms with van der Waals surface area (Å²) in [6.45, 7) is 4.50. The van der Waals surface area contributed by atoms with Crippen LogP contribution in [0.15, 0.2) is 30.4 Å². The molecule has 0 atom stereocenters. The molecule has 3 nitrogen and oxygen atoms in total. The number of rotatable bonds is 22. The summed E-state index contributed by atoms with van der Waals surface area (Å²) < 4.78 is 5.27. The van der Waals surface area contributed by atoms with Crippen molar-refractivity contribution in [2.45, 2.75) is 136 Å². The van der Waals surface area contributed by atoms with E-state index >= 15 is 0 Å². The summed E-state index contributed by atoms with van der Waals surface area (Å²) in [6, 6.07) is 6.19. The Kier molecular flexibility index (Phi) is 19.8. The molecule has 0 aromatic heterocycles. The van der Waals surface area contributed by atoms with Crippen molar-refractivity contribution in [3.8, 4) is 5.75 Å². The van der Waals surface area contributed by atoms with Crippen molar-refractivity contribution < 1.29 is 14.3 Å². The molecule has 190 valence electrons. The van der Waals surface area contributed by atoms with Gasteiger partial charge in [-0.2, -0.15) is 0 Å². The Labute approximate surface area is 206 Å². The van der Waals surface area contributed by atoms with E-state index in [-0.39, 0.29) is 0 Å². The lowest BCUT2D eigenvalue weighted by Gasteiger charge is -2.13. The van der Waals surface area contributed by atoms with Gasteiger partial charge in [0.1, 0.15) is 5.75 Å². The zero-order valence-corrected chi connectivity index (χ0v) is 22.5. The Morgan fingerprint density at radius 1 is 0.667 bits per heavy atom. The average molecular weight is 479 g/mol. The van der Waals surface area contributed by atoms with E-state index in [0.717, 1.165) is 24.8 Å². The van der Waals surface area contributed by atoms with Crippen molar-refractivity contribution >= 4 is 8.60 Å². The van der Waals surface area contributed by atoms with Crippen LogP contribution in [0.1, 0.15) is 134 Å². The number of hydrogen-bond donors (Lipinski definition) is 2. The zero-order chi connectivity index (χ0) is 24.0. The maximum absolute atomic E-state index is 9.28. The van der Waals surface area contributed by atoms with E-state index in [2.05, 4.69) is 38.1 Å². The lowest BCUT2D eigenvalue weighted by atomic mass is 9.99. The van der Waals surface area contributed by atoms with Gasteiger partial charge in [0, 0.05) is 0 Å². The van der Waals surface area contributed by atoms with Gasteiger partial charge in [0.15, 0.2) is 0 Å². The van der Waals surface area contributed by atoms with Crippen molar-refractivity contribution in [1.82, 2.24) is 0 Å². The minimum atomic E-state index is -2.36. The Hall–Kier alpha value is -0.890. The van der Waals surface area contributed by atoms with Gasteiger partial charge in [0.25, 0.3) is 0 Å². The first kappa shape index (κ1) is 30.1. The van der Waals surface area contributed by atoms with Gasteiger partial charge in [-0.05, 0) is 68.6 Å². The Morgan fingerprint density at radius 2 is 1.18 bits per heavy atom. The van der Waals surface area contributed by atoms with Crippen LogP contribution in [0.4, 0.5) is 0 Å². The van der Waals surface area contributed by atoms with Crippen molar-refractivity contribution in [2.24, 2.45) is 0 Å². The molecule has 0 spiro atoms. The summed E-state index contributed by atoms with van der Waals surface area (Å²) >= 11 is 0. The second kappa shape index (κ2) is 21.6. The van der Waals surface area contributed by atoms with Crippen LogP contribution in [-0.2, 0) is 12.8 Å². The van der Waals surface area contributed by atoms with Crippen LogP contribution in [0.2, 0.25) is 0 Å². The minimum Gasteiger partial charge on any atom is -0.427 e. The number of benzene rings is 1. The summed E-state index contributed by atoms with van der Waals surface area (Å²) in [4.78, 5) is 18.6. The standard InChI is InChI=1S/C29H51O3P/c1-3-5-7-8-9-10-11-12-13-14-15-16-17-18-19-21-23-28-26-27(22-20-6-4-2)24-25-29(28)32-33(30)31/h12-13,24-26,30-31H,3-11,14-23H2,1-2H3/b13-12-. The van der Waals surface area contributed by atoms with Gasteiger partial charge < -0.3 is 14.3 Å². The second-order valence-corrected chi connectivity index (χ2v) is 10.1. The quantitative estimate of drug-likeness (QED) is 0.0990. The van der Waals surface area contributed by atoms with Crippen LogP contribution < -0.4 is 4.52 Å². The van der Waals surface area contributed by atoms with E-state index in [1.165, 1.54) is 108 Å². The van der Waals surface area contributed by atoms with Crippen LogP contribution >= 0.6 is 8.60 Å². The molecule has 1 aromatic rings. The first-order chi connectivity index (χ1) is 16.2. The topological polar surface area (TPSA) is 49.7 Å². The predicted octanol–water partition coefficient (Wildman–Crippen LogP) is 9.59. The lowest BCUT2D eigenvalue weighted by Crippen LogP contribution is -1.96. The van der Waals surface area contributed by atoms with Crippen molar-refractivity contribution in [3.63, 3.8) is 0 Å². The highest BCUT2D eigenvalue weighted by Crippen LogP contribution is 2.33. The largest absolute Gasteiger partial charge is 0.427 e. The van der Waals surface area contributed by atoms with Crippen LogP contribution in [0.3, 0.4) is 0 Å². The second-order valence-electron chi connectivity index (χ2n) is 9.43. The lowest BCUT2D eigenvalue weighted by molar-refractivity contribution is 0.373. The first-order valence-electron chi connectivity index (χ1n) is 13.8. The van der Waals surface area contributed by atoms with Gasteiger partial charge in [0.05, 0.1) is 0 Å². The summed E-state index contributed by atoms with van der Waals surface area (Å²) in [5.74, 6) is 0.637. The Balaban J connectivity index is 2.14. The minimum absolute atomic E-state index is 0.637. The molecule has 0 radical (unpaired) electrons. The van der Waals surface area contributed by atoms with Crippen LogP contribution in [0.5, 0.6) is 5.75 Å². The summed E-state index contributed by atoms with van der Waals surface area (Å²) in [7, 11) is -2.36. The van der Waals surface area contributed by atoms with Gasteiger partial charge >= 0.3 is 8.60 Å². The molecule has 0 heterocycles. The molecule has 2 N–H and O–H groups in total. The molecule has 0 aliphatic heterocycles. The fraction of sp³-hybridized carbons (Fsp3) is 0.724. The van der Waals surface area contributed by atoms with Gasteiger partial charge in [0.2, 0.25) is 0 Å². The predicted molar refractivity (Wildman–Crippen MR) is 145 cm³/mol. The first-order valence-corrected chi connectivity index (χ1v) is 15.0. The normalized spacial score (nSPS) is 11.7. The SMILES string of the molecule is CCCCCCCC/C=C\CCCCCCCCc1cc(CCCCC)ccc1OP(O)O. The van der Waals surface area contributed by atoms with Crippen molar-refractivity contribution in [2.75, 3.05) is 0 Å². The molecule has 0 saturated heterocycles. The highest BCUT2D eigenvalue weighted by Gasteiger charge is 2.10. The van der Waals surface area contributed by atoms with Crippen LogP contribution in [0.25, 0.3) is 0 Å². The van der Waals surface area contributed by atoms with Crippen molar-refractivity contribution in [3.05, 3.63) is 41.5 Å². The molecule has 4 heteroatoms. The van der Waals surface area contributed by atoms with Gasteiger partial charge in [-0.3, -0.25) is 0 Å². The van der Waals surface area contributed by atoms with E-state index in [9.17, 15) is 9.79 Å². The maximum Gasteiger partial charge on any atom is 0.391 e. The van der Waals surface area contributed by atoms with Crippen LogP contribution in [0, 0.1) is 0 Å². The summed E-state index contributed by atoms with van der Waals surface area (Å²) in [5.41, 5.74) is 2.45. The third-order valence-electron chi connectivity index (χ3n) is 6.33. The Morgan fingerprint density at radius 3 is 1.79 bits per heavy atom. The molecule has 0 aliphatic carbocycles. The molecule has 0 fully saturated rings. The molecular formula is C29H51O3P. The van der Waals surface area contributed by atoms with E-state index in [4.69, 9.17) is 4.52 Å². The fourth-order valence-electron chi connectivity index (χ4n) is 4.30. The monoisotopic (exact) mass is 478 g/mol. The third kappa shape index (κ3) is 17.2. The van der Waals surface area contributed by atoms with E-state index < -0.39 is 8.60 Å².